The van der Waals surface area contributed by atoms with E-state index in [-0.39, 0.29) is 11.6 Å². The Bertz CT molecular complexity index is 797. The fourth-order valence-corrected chi connectivity index (χ4v) is 2.94. The summed E-state index contributed by atoms with van der Waals surface area (Å²) in [5, 5.41) is 6.17. The van der Waals surface area contributed by atoms with Gasteiger partial charge in [-0.3, -0.25) is 4.79 Å². The molecule has 0 bridgehead atoms. The smallest absolute Gasteiger partial charge is 0.244 e. The van der Waals surface area contributed by atoms with Crippen molar-refractivity contribution in [2.45, 2.75) is 25.8 Å². The average Bonchev–Trinajstić information content (AvgIpc) is 2.61. The maximum absolute atomic E-state index is 13.6. The van der Waals surface area contributed by atoms with Gasteiger partial charge in [0.15, 0.2) is 0 Å². The molecular weight excluding hydrogens is 322 g/mol. The second-order valence-electron chi connectivity index (χ2n) is 6.15. The molecule has 1 heterocycles. The number of hydrogen-bond donors (Lipinski definition) is 2. The Balaban J connectivity index is 1.67. The van der Waals surface area contributed by atoms with Gasteiger partial charge >= 0.3 is 0 Å². The number of benzene rings is 2. The van der Waals surface area contributed by atoms with Crippen LogP contribution < -0.4 is 10.6 Å². The first-order chi connectivity index (χ1) is 12.0. The third-order valence-electron chi connectivity index (χ3n) is 4.33. The van der Waals surface area contributed by atoms with Crippen molar-refractivity contribution in [2.75, 3.05) is 11.9 Å². The molecule has 3 rings (SSSR count). The zero-order valence-corrected chi connectivity index (χ0v) is 14.0. The molecule has 1 aliphatic rings. The lowest BCUT2D eigenvalue weighted by Gasteiger charge is -2.21. The number of anilines is 1. The number of carbonyl (C=O) groups is 1. The predicted octanol–water partition coefficient (Wildman–Crippen LogP) is 4.21. The minimum Gasteiger partial charge on any atom is -0.385 e. The highest BCUT2D eigenvalue weighted by molar-refractivity contribution is 5.92. The summed E-state index contributed by atoms with van der Waals surface area (Å²) in [6, 6.07) is 9.49. The molecule has 0 fully saturated rings. The lowest BCUT2D eigenvalue weighted by molar-refractivity contribution is -0.117. The van der Waals surface area contributed by atoms with Crippen molar-refractivity contribution in [1.29, 1.82) is 0 Å². The number of halogens is 2. The monoisotopic (exact) mass is 342 g/mol. The van der Waals surface area contributed by atoms with E-state index in [1.807, 2.05) is 19.1 Å². The molecule has 2 N–H and O–H groups in total. The van der Waals surface area contributed by atoms with Crippen LogP contribution in [0.3, 0.4) is 0 Å². The summed E-state index contributed by atoms with van der Waals surface area (Å²) in [5.74, 6) is -1.79. The standard InChI is InChI=1S/C20H20F2N2O/c1-13(14-7-9-19-15(12-14)4-3-11-23-19)24-20(25)10-8-16-17(21)5-2-6-18(16)22/h2,5-10,12-13,23H,3-4,11H2,1H3,(H,24,25). The SMILES string of the molecule is CC(NC(=O)C=Cc1c(F)cccc1F)c1ccc2c(c1)CCCN2. The molecule has 0 radical (unpaired) electrons. The van der Waals surface area contributed by atoms with Crippen molar-refractivity contribution in [3.05, 3.63) is 70.8 Å². The fourth-order valence-electron chi connectivity index (χ4n) is 2.94. The molecule has 2 aromatic rings. The maximum atomic E-state index is 13.6. The van der Waals surface area contributed by atoms with Crippen LogP contribution in [0.5, 0.6) is 0 Å². The van der Waals surface area contributed by atoms with Crippen LogP contribution in [0.2, 0.25) is 0 Å². The second kappa shape index (κ2) is 7.47. The second-order valence-corrected chi connectivity index (χ2v) is 6.15. The quantitative estimate of drug-likeness (QED) is 0.817. The van der Waals surface area contributed by atoms with Gasteiger partial charge in [-0.15, -0.1) is 0 Å². The van der Waals surface area contributed by atoms with Gasteiger partial charge in [-0.2, -0.15) is 0 Å². The maximum Gasteiger partial charge on any atom is 0.244 e. The van der Waals surface area contributed by atoms with Gasteiger partial charge in [-0.1, -0.05) is 18.2 Å². The minimum absolute atomic E-state index is 0.199. The highest BCUT2D eigenvalue weighted by atomic mass is 19.1. The zero-order valence-electron chi connectivity index (χ0n) is 14.0. The van der Waals surface area contributed by atoms with Crippen molar-refractivity contribution in [3.63, 3.8) is 0 Å². The number of rotatable bonds is 4. The van der Waals surface area contributed by atoms with Crippen LogP contribution in [0.4, 0.5) is 14.5 Å². The third kappa shape index (κ3) is 4.05. The number of aryl methyl sites for hydroxylation is 1. The Morgan fingerprint density at radius 1 is 1.24 bits per heavy atom. The molecule has 0 aliphatic carbocycles. The van der Waals surface area contributed by atoms with E-state index in [4.69, 9.17) is 0 Å². The summed E-state index contributed by atoms with van der Waals surface area (Å²) in [5.41, 5.74) is 3.17. The summed E-state index contributed by atoms with van der Waals surface area (Å²) < 4.78 is 27.1. The van der Waals surface area contributed by atoms with Crippen LogP contribution in [0.25, 0.3) is 6.08 Å². The summed E-state index contributed by atoms with van der Waals surface area (Å²) in [6.07, 6.45) is 4.42. The third-order valence-corrected chi connectivity index (χ3v) is 4.33. The number of amides is 1. The highest BCUT2D eigenvalue weighted by Crippen LogP contribution is 2.25. The van der Waals surface area contributed by atoms with Crippen molar-refractivity contribution in [2.24, 2.45) is 0 Å². The van der Waals surface area contributed by atoms with E-state index in [0.717, 1.165) is 54.9 Å². The van der Waals surface area contributed by atoms with Crippen molar-refractivity contribution < 1.29 is 13.6 Å². The summed E-state index contributed by atoms with van der Waals surface area (Å²) in [4.78, 5) is 12.1. The Hall–Kier alpha value is -2.69. The average molecular weight is 342 g/mol. The van der Waals surface area contributed by atoms with Gasteiger partial charge < -0.3 is 10.6 Å². The van der Waals surface area contributed by atoms with Crippen molar-refractivity contribution in [1.82, 2.24) is 5.32 Å². The molecular formula is C20H20F2N2O. The first-order valence-electron chi connectivity index (χ1n) is 8.34. The van der Waals surface area contributed by atoms with E-state index in [2.05, 4.69) is 16.7 Å². The van der Waals surface area contributed by atoms with Gasteiger partial charge in [-0.25, -0.2) is 8.78 Å². The predicted molar refractivity (Wildman–Crippen MR) is 95.2 cm³/mol. The molecule has 0 saturated heterocycles. The van der Waals surface area contributed by atoms with Crippen LogP contribution >= 0.6 is 0 Å². The normalized spacial score (nSPS) is 14.7. The van der Waals surface area contributed by atoms with E-state index in [0.29, 0.717) is 0 Å². The zero-order chi connectivity index (χ0) is 17.8. The summed E-state index contributed by atoms with van der Waals surface area (Å²) in [7, 11) is 0. The number of fused-ring (bicyclic) bond motifs is 1. The molecule has 5 heteroatoms. The van der Waals surface area contributed by atoms with Crippen molar-refractivity contribution >= 4 is 17.7 Å². The van der Waals surface area contributed by atoms with Crippen LogP contribution in [-0.4, -0.2) is 12.5 Å². The molecule has 25 heavy (non-hydrogen) atoms. The largest absolute Gasteiger partial charge is 0.385 e. The molecule has 1 amide bonds. The summed E-state index contributed by atoms with van der Waals surface area (Å²) in [6.45, 7) is 2.86. The number of hydrogen-bond acceptors (Lipinski definition) is 2. The molecule has 0 spiro atoms. The summed E-state index contributed by atoms with van der Waals surface area (Å²) >= 11 is 0. The minimum atomic E-state index is -0.695. The van der Waals surface area contributed by atoms with Gasteiger partial charge in [0.05, 0.1) is 6.04 Å². The molecule has 1 atom stereocenters. The molecule has 3 nitrogen and oxygen atoms in total. The molecule has 1 unspecified atom stereocenters. The lowest BCUT2D eigenvalue weighted by Crippen LogP contribution is -2.25. The van der Waals surface area contributed by atoms with Gasteiger partial charge in [-0.05, 0) is 55.2 Å². The first-order valence-corrected chi connectivity index (χ1v) is 8.34. The van der Waals surface area contributed by atoms with Crippen LogP contribution in [0.1, 0.15) is 36.1 Å². The number of nitrogens with one attached hydrogen (secondary N) is 2. The molecule has 0 saturated carbocycles. The van der Waals surface area contributed by atoms with E-state index in [1.165, 1.54) is 11.6 Å². The van der Waals surface area contributed by atoms with Crippen LogP contribution in [-0.2, 0) is 11.2 Å². The van der Waals surface area contributed by atoms with Crippen LogP contribution in [0, 0.1) is 11.6 Å². The topological polar surface area (TPSA) is 41.1 Å². The van der Waals surface area contributed by atoms with Gasteiger partial charge in [0.25, 0.3) is 0 Å². The van der Waals surface area contributed by atoms with E-state index < -0.39 is 17.5 Å². The Morgan fingerprint density at radius 3 is 2.76 bits per heavy atom. The van der Waals surface area contributed by atoms with Gasteiger partial charge in [0.2, 0.25) is 5.91 Å². The Labute approximate surface area is 145 Å². The number of carbonyl (C=O) groups excluding carboxylic acids is 1. The molecule has 2 aromatic carbocycles. The Kier molecular flexibility index (Phi) is 5.12. The van der Waals surface area contributed by atoms with E-state index in [9.17, 15) is 13.6 Å². The van der Waals surface area contributed by atoms with E-state index >= 15 is 0 Å². The van der Waals surface area contributed by atoms with Crippen LogP contribution in [0.15, 0.2) is 42.5 Å². The lowest BCUT2D eigenvalue weighted by atomic mass is 9.98. The highest BCUT2D eigenvalue weighted by Gasteiger charge is 2.13. The fraction of sp³-hybridized carbons (Fsp3) is 0.250. The van der Waals surface area contributed by atoms with Gasteiger partial charge in [0.1, 0.15) is 11.6 Å². The first kappa shape index (κ1) is 17.1. The van der Waals surface area contributed by atoms with Gasteiger partial charge in [0, 0.05) is 23.9 Å². The molecule has 1 aliphatic heterocycles. The van der Waals surface area contributed by atoms with E-state index in [1.54, 1.807) is 0 Å². The molecule has 130 valence electrons. The van der Waals surface area contributed by atoms with Crippen molar-refractivity contribution in [3.8, 4) is 0 Å². The Morgan fingerprint density at radius 2 is 2.00 bits per heavy atom. The molecule has 0 aromatic heterocycles.